The van der Waals surface area contributed by atoms with Crippen LogP contribution in [0.3, 0.4) is 0 Å². The van der Waals surface area contributed by atoms with Crippen molar-refractivity contribution in [2.45, 2.75) is 111 Å². The van der Waals surface area contributed by atoms with Gasteiger partial charge in [0.2, 0.25) is 0 Å². The maximum absolute atomic E-state index is 10.0. The van der Waals surface area contributed by atoms with Crippen LogP contribution in [0.1, 0.15) is 80.4 Å². The predicted octanol–water partition coefficient (Wildman–Crippen LogP) is 28.5. The molecule has 19 rings (SSSR count). The number of hydrogen-bond acceptors (Lipinski definition) is 11. The van der Waals surface area contributed by atoms with Crippen LogP contribution in [0.25, 0.3) is 134 Å². The molecule has 16 aromatic rings. The summed E-state index contributed by atoms with van der Waals surface area (Å²) in [7, 11) is 0. The van der Waals surface area contributed by atoms with Crippen LogP contribution in [0, 0.1) is 51.9 Å². The van der Waals surface area contributed by atoms with Crippen molar-refractivity contribution in [3.05, 3.63) is 373 Å². The summed E-state index contributed by atoms with van der Waals surface area (Å²) >= 11 is 5.40. The molecule has 0 saturated heterocycles. The maximum atomic E-state index is 10.0. The summed E-state index contributed by atoms with van der Waals surface area (Å²) in [6.07, 6.45) is 5.64. The number of aromatic nitrogens is 4. The third-order valence-electron chi connectivity index (χ3n) is 19.7. The second-order valence-corrected chi connectivity index (χ2v) is 32.9. The minimum Gasteiger partial charge on any atom is -0.512 e. The van der Waals surface area contributed by atoms with Crippen LogP contribution in [0.4, 0.5) is 0 Å². The molecule has 8 nitrogen and oxygen atoms in total. The Morgan fingerprint density at radius 1 is 0.367 bits per heavy atom. The van der Waals surface area contributed by atoms with Gasteiger partial charge in [-0.25, -0.2) is 0 Å². The van der Waals surface area contributed by atoms with Crippen LogP contribution in [-0.4, -0.2) is 41.7 Å². The fraction of sp³-hybridized carbons (Fsp3) is 0.113. The van der Waals surface area contributed by atoms with Crippen LogP contribution in [-0.2, 0) is 75.3 Å². The van der Waals surface area contributed by atoms with E-state index in [1.807, 2.05) is 60.1 Å². The fourth-order valence-corrected chi connectivity index (χ4v) is 17.5. The largest absolute Gasteiger partial charge is 0.512 e. The smallest absolute Gasteiger partial charge is 0.155 e. The number of ketones is 2. The van der Waals surface area contributed by atoms with Gasteiger partial charge in [0.15, 0.2) is 11.6 Å². The molecule has 0 bridgehead atoms. The average molecular weight is 2160 g/mol. The number of hydrogen-bond donors (Lipinski definition) is 2. The minimum absolute atomic E-state index is 0. The Bertz CT molecular complexity index is 6580. The predicted molar refractivity (Wildman–Crippen MR) is 486 cm³/mol. The summed E-state index contributed by atoms with van der Waals surface area (Å²) in [4.78, 5) is 46.1. The van der Waals surface area contributed by atoms with Crippen molar-refractivity contribution >= 4 is 68.7 Å². The van der Waals surface area contributed by atoms with Crippen molar-refractivity contribution in [3.8, 4) is 112 Å². The van der Waals surface area contributed by atoms with Crippen LogP contribution in [0.5, 0.6) is 0 Å². The Kier molecular flexibility index (Phi) is 29.2. The standard InChI is InChI=1S/C29H20NS.C28H18NS.C24H16NS.C15H16N.2C5H8O2.3Ir/c1-18-11-14-26-25(15-18)19(2)16-27(30-26)20-12-13-24-22-8-4-3-7-21(22)23-9-5-6-10-28(23)31-29(24)17-20;1-18-7-6-11-26-20(18)15-16-25(29-26)19-13-14-24-22-9-3-2-8-21(22)23-10-4-5-12-27(23)30-28(24)17-19;1-16-10-12-22(25-15-16)17-11-13-24-21(14-17)19-7-3-2-6-18(19)20-8-4-5-9-23(20)26-24;1-15(2,3)13-9-10-16-14(11-13)12-7-5-4-6-8-12;2*1-4(6)3-5(2)7;;;/h3-11,13-17H,1-2H3;2-12,14-17H,1H3;2-10,12-15H,1H3;4-7,9-11H,1-3H3;2*3,6H,1-2H3;;;/q4*-1;;;;;/i;;1D3;;;;;;. The van der Waals surface area contributed by atoms with Crippen LogP contribution in [0.2, 0.25) is 0 Å². The van der Waals surface area contributed by atoms with Crippen molar-refractivity contribution in [1.82, 2.24) is 19.9 Å². The molecule has 120 heavy (non-hydrogen) atoms. The molecule has 3 aliphatic heterocycles. The molecular formula is C106H86Ir3N4O4S3-4. The molecule has 3 radical (unpaired) electrons. The zero-order chi connectivity index (χ0) is 84.4. The quantitative estimate of drug-likeness (QED) is 0.0939. The second kappa shape index (κ2) is 41.0. The molecule has 0 amide bonds. The van der Waals surface area contributed by atoms with Crippen molar-refractivity contribution in [1.29, 1.82) is 0 Å². The summed E-state index contributed by atoms with van der Waals surface area (Å²) in [5.41, 5.74) is 30.0. The molecule has 0 atom stereocenters. The Hall–Kier alpha value is -10.8. The molecule has 12 aromatic carbocycles. The summed E-state index contributed by atoms with van der Waals surface area (Å²) in [6, 6.07) is 113. The van der Waals surface area contributed by atoms with E-state index in [9.17, 15) is 9.59 Å². The van der Waals surface area contributed by atoms with E-state index in [1.54, 1.807) is 23.9 Å². The Morgan fingerprint density at radius 3 is 1.32 bits per heavy atom. The van der Waals surface area contributed by atoms with E-state index >= 15 is 0 Å². The molecule has 0 unspecified atom stereocenters. The Balaban J connectivity index is 0.000000153. The molecule has 0 spiro atoms. The molecule has 603 valence electrons. The van der Waals surface area contributed by atoms with Gasteiger partial charge in [-0.2, -0.15) is 0 Å². The van der Waals surface area contributed by atoms with E-state index in [-0.39, 0.29) is 94.4 Å². The number of aliphatic hydroxyl groups is 2. The summed E-state index contributed by atoms with van der Waals surface area (Å²) in [6.45, 7) is 16.6. The average Bonchev–Trinajstić information content (AvgIpc) is 1.64. The molecule has 3 aliphatic rings. The van der Waals surface area contributed by atoms with Crippen molar-refractivity contribution < 1.29 is 84.2 Å². The van der Waals surface area contributed by atoms with Gasteiger partial charge in [0.1, 0.15) is 0 Å². The first-order valence-corrected chi connectivity index (χ1v) is 40.9. The van der Waals surface area contributed by atoms with E-state index in [0.29, 0.717) is 5.69 Å². The molecule has 0 aliphatic carbocycles. The molecule has 14 heteroatoms. The van der Waals surface area contributed by atoms with Crippen molar-refractivity contribution in [3.63, 3.8) is 0 Å². The summed E-state index contributed by atoms with van der Waals surface area (Å²) < 4.78 is 22.6. The second-order valence-electron chi connectivity index (χ2n) is 29.7. The van der Waals surface area contributed by atoms with Crippen molar-refractivity contribution in [2.24, 2.45) is 0 Å². The van der Waals surface area contributed by atoms with Gasteiger partial charge < -0.3 is 20.2 Å². The monoisotopic (exact) mass is 2160 g/mol. The molecule has 4 aromatic heterocycles. The Morgan fingerprint density at radius 2 is 0.825 bits per heavy atom. The molecule has 0 saturated carbocycles. The van der Waals surface area contributed by atoms with Gasteiger partial charge in [0.25, 0.3) is 0 Å². The molecule has 2 N–H and O–H groups in total. The van der Waals surface area contributed by atoms with Gasteiger partial charge in [-0.15, -0.1) is 142 Å². The normalized spacial score (nSPS) is 12.0. The van der Waals surface area contributed by atoms with Crippen LogP contribution < -0.4 is 0 Å². The zero-order valence-corrected chi connectivity index (χ0v) is 77.3. The number of benzene rings is 12. The minimum atomic E-state index is -2.15. The SMILES string of the molecule is CC(=O)C=C(C)O.CC(=O)C=C(C)O.CC(C)(C)c1ccnc(-c2[c-]cccc2)c1.Cc1ccc2nc(-c3[c-]cc4c(c3)Sc3ccccc3-c3ccccc3-4)cc(C)c2c1.Cc1cccc2nc(-c3[c-]cc4c(c3)Sc3ccccc3-c3ccccc3-4)ccc12.[2H]C([2H])([2H])c1ccc(-c2[c-]cc3c(c2)-c2ccccc2-c2ccccc2S3)nc1.[Ir].[Ir].[Ir]. The number of aryl methyl sites for hydroxylation is 4. The molecule has 0 fully saturated rings. The summed E-state index contributed by atoms with van der Waals surface area (Å²) in [5, 5.41) is 19.1. The number of fused-ring (bicyclic) bond motifs is 17. The van der Waals surface area contributed by atoms with Gasteiger partial charge in [-0.3, -0.25) is 19.6 Å². The number of pyridine rings is 4. The van der Waals surface area contributed by atoms with Gasteiger partial charge >= 0.3 is 0 Å². The van der Waals surface area contributed by atoms with Gasteiger partial charge in [-0.05, 0) is 187 Å². The van der Waals surface area contributed by atoms with Gasteiger partial charge in [-0.1, -0.05) is 251 Å². The number of nitrogens with zero attached hydrogens (tertiary/aromatic N) is 4. The summed E-state index contributed by atoms with van der Waals surface area (Å²) in [5.74, 6) is -0.125. The van der Waals surface area contributed by atoms with E-state index in [4.69, 9.17) is 24.3 Å². The van der Waals surface area contributed by atoms with Gasteiger partial charge in [0, 0.05) is 114 Å². The third-order valence-corrected chi connectivity index (χ3v) is 23.1. The van der Waals surface area contributed by atoms with E-state index in [2.05, 4.69) is 318 Å². The molecular weight excluding hydrogens is 2070 g/mol. The number of rotatable bonds is 6. The number of allylic oxidation sites excluding steroid dienone is 4. The number of carbonyl (C=O) groups excluding carboxylic acids is 2. The van der Waals surface area contributed by atoms with E-state index in [0.717, 1.165) is 60.8 Å². The van der Waals surface area contributed by atoms with E-state index in [1.165, 1.54) is 165 Å². The zero-order valence-electron chi connectivity index (χ0n) is 70.7. The first kappa shape index (κ1) is 85.6. The molecule has 7 heterocycles. The van der Waals surface area contributed by atoms with Crippen LogP contribution >= 0.6 is 35.3 Å². The van der Waals surface area contributed by atoms with Gasteiger partial charge in [0.05, 0.1) is 22.6 Å². The van der Waals surface area contributed by atoms with E-state index < -0.39 is 6.85 Å². The number of aliphatic hydroxyl groups excluding tert-OH is 2. The first-order chi connectivity index (χ1) is 57.8. The third kappa shape index (κ3) is 21.7. The van der Waals surface area contributed by atoms with Crippen molar-refractivity contribution in [2.75, 3.05) is 0 Å². The maximum Gasteiger partial charge on any atom is 0.155 e. The van der Waals surface area contributed by atoms with Crippen LogP contribution in [0.15, 0.2) is 351 Å². The first-order valence-electron chi connectivity index (χ1n) is 40.0. The topological polar surface area (TPSA) is 126 Å². The number of carbonyl (C=O) groups is 2. The fourth-order valence-electron chi connectivity index (χ4n) is 14.1. The Labute approximate surface area is 762 Å².